The molecule has 3 aromatic carbocycles. The van der Waals surface area contributed by atoms with E-state index in [1.807, 2.05) is 30.3 Å². The number of benzene rings is 3. The molecule has 33 heavy (non-hydrogen) atoms. The molecular weight excluding hydrogens is 460 g/mol. The summed E-state index contributed by atoms with van der Waals surface area (Å²) in [7, 11) is -2.35. The van der Waals surface area contributed by atoms with E-state index in [0.29, 0.717) is 11.4 Å². The number of thiocarbonyl (C=S) groups is 1. The first-order chi connectivity index (χ1) is 15.9. The third-order valence-electron chi connectivity index (χ3n) is 4.60. The predicted molar refractivity (Wildman–Crippen MR) is 131 cm³/mol. The van der Waals surface area contributed by atoms with Crippen molar-refractivity contribution in [3.63, 3.8) is 0 Å². The van der Waals surface area contributed by atoms with Gasteiger partial charge in [0.15, 0.2) is 5.11 Å². The number of methoxy groups -OCH3 is 1. The van der Waals surface area contributed by atoms with Gasteiger partial charge in [0, 0.05) is 5.69 Å². The molecule has 0 radical (unpaired) electrons. The Morgan fingerprint density at radius 1 is 0.909 bits per heavy atom. The maximum Gasteiger partial charge on any atom is 0.256 e. The molecule has 0 fully saturated rings. The van der Waals surface area contributed by atoms with E-state index in [-0.39, 0.29) is 16.4 Å². The molecule has 1 amide bonds. The fraction of sp³-hybridized carbons (Fsp3) is 0.130. The van der Waals surface area contributed by atoms with Gasteiger partial charge in [-0.15, -0.1) is 0 Å². The summed E-state index contributed by atoms with van der Waals surface area (Å²) in [5, 5.41) is 3.06. The van der Waals surface area contributed by atoms with Crippen molar-refractivity contribution in [1.82, 2.24) is 15.6 Å². The maximum absolute atomic E-state index is 12.9. The van der Waals surface area contributed by atoms with Crippen LogP contribution < -0.4 is 25.6 Å². The molecule has 0 heterocycles. The Bertz CT molecular complexity index is 1170. The van der Waals surface area contributed by atoms with Crippen molar-refractivity contribution in [1.29, 1.82) is 0 Å². The van der Waals surface area contributed by atoms with Crippen molar-refractivity contribution in [2.24, 2.45) is 0 Å². The molecule has 0 spiro atoms. The van der Waals surface area contributed by atoms with Gasteiger partial charge < -0.3 is 10.1 Å². The molecule has 0 unspecified atom stereocenters. The first-order valence-electron chi connectivity index (χ1n) is 9.99. The lowest BCUT2D eigenvalue weighted by atomic mass is 10.1. The van der Waals surface area contributed by atoms with Crippen LogP contribution in [0.1, 0.15) is 5.56 Å². The van der Waals surface area contributed by atoms with E-state index in [1.165, 1.54) is 12.1 Å². The lowest BCUT2D eigenvalue weighted by molar-refractivity contribution is -0.123. The summed E-state index contributed by atoms with van der Waals surface area (Å²) in [6.45, 7) is 0. The summed E-state index contributed by atoms with van der Waals surface area (Å²) in [5.74, 6) is 0.111. The largest absolute Gasteiger partial charge is 0.497 e. The van der Waals surface area contributed by atoms with Gasteiger partial charge in [0.2, 0.25) is 10.0 Å². The van der Waals surface area contributed by atoms with Crippen LogP contribution in [0.5, 0.6) is 5.75 Å². The number of hydrogen-bond acceptors (Lipinski definition) is 5. The molecule has 1 atom stereocenters. The number of amides is 1. The molecule has 3 aromatic rings. The summed E-state index contributed by atoms with van der Waals surface area (Å²) in [6, 6.07) is 23.0. The third kappa shape index (κ3) is 7.28. The second-order valence-electron chi connectivity index (χ2n) is 6.97. The molecule has 10 heteroatoms. The van der Waals surface area contributed by atoms with Gasteiger partial charge in [0.05, 0.1) is 12.0 Å². The van der Waals surface area contributed by atoms with E-state index in [2.05, 4.69) is 20.9 Å². The molecule has 0 aliphatic carbocycles. The summed E-state index contributed by atoms with van der Waals surface area (Å²) in [5.41, 5.74) is 6.57. The van der Waals surface area contributed by atoms with Crippen LogP contribution in [0, 0.1) is 0 Å². The number of carbonyl (C=O) groups is 1. The molecule has 0 bridgehead atoms. The second-order valence-corrected chi connectivity index (χ2v) is 9.10. The molecular formula is C23H24N4O4S2. The molecule has 0 aliphatic heterocycles. The molecule has 8 nitrogen and oxygen atoms in total. The molecule has 172 valence electrons. The quantitative estimate of drug-likeness (QED) is 0.288. The zero-order chi connectivity index (χ0) is 23.7. The highest BCUT2D eigenvalue weighted by Gasteiger charge is 2.26. The molecule has 0 aliphatic rings. The van der Waals surface area contributed by atoms with Crippen LogP contribution in [0.25, 0.3) is 0 Å². The van der Waals surface area contributed by atoms with E-state index in [9.17, 15) is 13.2 Å². The summed E-state index contributed by atoms with van der Waals surface area (Å²) in [6.07, 6.45) is 0.152. The van der Waals surface area contributed by atoms with Crippen LogP contribution in [0.4, 0.5) is 5.69 Å². The van der Waals surface area contributed by atoms with Crippen molar-refractivity contribution in [3.05, 3.63) is 90.5 Å². The van der Waals surface area contributed by atoms with Gasteiger partial charge in [-0.25, -0.2) is 8.42 Å². The Labute approximate surface area is 198 Å². The minimum Gasteiger partial charge on any atom is -0.497 e. The van der Waals surface area contributed by atoms with Gasteiger partial charge in [-0.1, -0.05) is 48.5 Å². The predicted octanol–water partition coefficient (Wildman–Crippen LogP) is 2.60. The standard InChI is InChI=1S/C23H24N4O4S2/c1-31-19-14-12-18(13-15-19)24-23(32)26-25-22(28)21(16-17-8-4-2-5-9-17)27-33(29,30)20-10-6-3-7-11-20/h2-15,21,27H,16H2,1H3,(H,25,28)(H2,24,26,32)/t21-/m1/s1. The molecule has 4 N–H and O–H groups in total. The second kappa shape index (κ2) is 11.4. The summed E-state index contributed by atoms with van der Waals surface area (Å²) in [4.78, 5) is 13.0. The van der Waals surface area contributed by atoms with Crippen molar-refractivity contribution < 1.29 is 17.9 Å². The van der Waals surface area contributed by atoms with Gasteiger partial charge in [0.25, 0.3) is 5.91 Å². The average molecular weight is 485 g/mol. The van der Waals surface area contributed by atoms with E-state index >= 15 is 0 Å². The Hall–Kier alpha value is -3.47. The SMILES string of the molecule is COc1ccc(NC(=S)NNC(=O)[C@@H](Cc2ccccc2)NS(=O)(=O)c2ccccc2)cc1. The topological polar surface area (TPSA) is 109 Å². The van der Waals surface area contributed by atoms with Crippen LogP contribution in [0.15, 0.2) is 89.8 Å². The molecule has 0 saturated heterocycles. The monoisotopic (exact) mass is 484 g/mol. The number of carbonyl (C=O) groups excluding carboxylic acids is 1. The number of hydrazine groups is 1. The number of ether oxygens (including phenoxy) is 1. The Kier molecular flexibility index (Phi) is 8.36. The van der Waals surface area contributed by atoms with E-state index in [0.717, 1.165) is 5.56 Å². The molecule has 3 rings (SSSR count). The summed E-state index contributed by atoms with van der Waals surface area (Å²) < 4.78 is 33.2. The average Bonchev–Trinajstić information content (AvgIpc) is 2.83. The van der Waals surface area contributed by atoms with Gasteiger partial charge in [-0.3, -0.25) is 15.6 Å². The highest BCUT2D eigenvalue weighted by atomic mass is 32.2. The molecule has 0 saturated carbocycles. The Morgan fingerprint density at radius 3 is 2.12 bits per heavy atom. The normalized spacial score (nSPS) is 11.8. The van der Waals surface area contributed by atoms with E-state index in [4.69, 9.17) is 17.0 Å². The highest BCUT2D eigenvalue weighted by molar-refractivity contribution is 7.89. The number of anilines is 1. The maximum atomic E-state index is 12.9. The van der Waals surface area contributed by atoms with Crippen LogP contribution in [0.3, 0.4) is 0 Å². The van der Waals surface area contributed by atoms with Crippen molar-refractivity contribution >= 4 is 38.9 Å². The van der Waals surface area contributed by atoms with Crippen LogP contribution in [0.2, 0.25) is 0 Å². The van der Waals surface area contributed by atoms with E-state index < -0.39 is 22.0 Å². The third-order valence-corrected chi connectivity index (χ3v) is 6.29. The zero-order valence-corrected chi connectivity index (χ0v) is 19.4. The van der Waals surface area contributed by atoms with Gasteiger partial charge in [-0.2, -0.15) is 4.72 Å². The van der Waals surface area contributed by atoms with Gasteiger partial charge in [-0.05, 0) is 60.6 Å². The molecule has 0 aromatic heterocycles. The summed E-state index contributed by atoms with van der Waals surface area (Å²) >= 11 is 5.21. The van der Waals surface area contributed by atoms with Crippen molar-refractivity contribution in [2.75, 3.05) is 12.4 Å². The Morgan fingerprint density at radius 2 is 1.52 bits per heavy atom. The minimum absolute atomic E-state index is 0.0699. The van der Waals surface area contributed by atoms with Crippen molar-refractivity contribution in [3.8, 4) is 5.75 Å². The number of hydrogen-bond donors (Lipinski definition) is 4. The van der Waals surface area contributed by atoms with Crippen LogP contribution in [-0.4, -0.2) is 32.6 Å². The number of rotatable bonds is 8. The van der Waals surface area contributed by atoms with Crippen LogP contribution >= 0.6 is 12.2 Å². The fourth-order valence-electron chi connectivity index (χ4n) is 2.93. The first kappa shape index (κ1) is 24.2. The van der Waals surface area contributed by atoms with Gasteiger partial charge in [0.1, 0.15) is 11.8 Å². The number of sulfonamides is 1. The lowest BCUT2D eigenvalue weighted by Gasteiger charge is -2.20. The lowest BCUT2D eigenvalue weighted by Crippen LogP contribution is -2.53. The Balaban J connectivity index is 1.67. The minimum atomic E-state index is -3.92. The number of nitrogens with one attached hydrogen (secondary N) is 4. The zero-order valence-electron chi connectivity index (χ0n) is 17.8. The van der Waals surface area contributed by atoms with Crippen LogP contribution in [-0.2, 0) is 21.2 Å². The van der Waals surface area contributed by atoms with E-state index in [1.54, 1.807) is 49.6 Å². The van der Waals surface area contributed by atoms with Crippen molar-refractivity contribution in [2.45, 2.75) is 17.4 Å². The first-order valence-corrected chi connectivity index (χ1v) is 11.9. The highest BCUT2D eigenvalue weighted by Crippen LogP contribution is 2.15. The fourth-order valence-corrected chi connectivity index (χ4v) is 4.32. The smallest absolute Gasteiger partial charge is 0.256 e. The van der Waals surface area contributed by atoms with Gasteiger partial charge >= 0.3 is 0 Å².